The van der Waals surface area contributed by atoms with Gasteiger partial charge < -0.3 is 10.2 Å². The molecule has 30 heavy (non-hydrogen) atoms. The summed E-state index contributed by atoms with van der Waals surface area (Å²) in [5.41, 5.74) is 4.03. The first-order valence-corrected chi connectivity index (χ1v) is 12.0. The van der Waals surface area contributed by atoms with Crippen molar-refractivity contribution in [2.75, 3.05) is 30.7 Å². The molecule has 0 saturated heterocycles. The van der Waals surface area contributed by atoms with Gasteiger partial charge in [0.15, 0.2) is 0 Å². The molecule has 1 amide bonds. The number of hydrogen-bond donors (Lipinski definition) is 2. The largest absolute Gasteiger partial charge is 0.349 e. The molecular formula is C23H33N4O2S+. The molecule has 0 bridgehead atoms. The van der Waals surface area contributed by atoms with Crippen molar-refractivity contribution in [3.8, 4) is 0 Å². The summed E-state index contributed by atoms with van der Waals surface area (Å²) in [5.74, 6) is 0.173. The number of carbonyl (C=O) groups excluding carboxylic acids is 1. The van der Waals surface area contributed by atoms with Crippen LogP contribution in [0.4, 0.5) is 5.69 Å². The van der Waals surface area contributed by atoms with Crippen LogP contribution in [0.5, 0.6) is 0 Å². The lowest BCUT2D eigenvalue weighted by Crippen LogP contribution is -3.11. The van der Waals surface area contributed by atoms with Gasteiger partial charge >= 0.3 is 5.69 Å². The molecule has 3 rings (SSSR count). The van der Waals surface area contributed by atoms with Crippen molar-refractivity contribution in [1.29, 1.82) is 0 Å². The highest BCUT2D eigenvalue weighted by Crippen LogP contribution is 2.28. The second-order valence-electron chi connectivity index (χ2n) is 7.90. The highest BCUT2D eigenvalue weighted by atomic mass is 32.2. The molecule has 0 atom stereocenters. The summed E-state index contributed by atoms with van der Waals surface area (Å²) < 4.78 is 1.89. The minimum absolute atomic E-state index is 0.0775. The highest BCUT2D eigenvalue weighted by molar-refractivity contribution is 8.00. The summed E-state index contributed by atoms with van der Waals surface area (Å²) in [6.07, 6.45) is 4.07. The van der Waals surface area contributed by atoms with E-state index in [1.54, 1.807) is 0 Å². The number of anilines is 1. The number of rotatable bonds is 9. The summed E-state index contributed by atoms with van der Waals surface area (Å²) in [6, 6.07) is 7.75. The van der Waals surface area contributed by atoms with E-state index in [9.17, 15) is 9.59 Å². The van der Waals surface area contributed by atoms with Crippen molar-refractivity contribution in [3.05, 3.63) is 51.6 Å². The lowest BCUT2D eigenvalue weighted by Gasteiger charge is -2.23. The molecule has 162 valence electrons. The number of thioether (sulfide) groups is 1. The Morgan fingerprint density at radius 2 is 2.00 bits per heavy atom. The number of aromatic nitrogens is 2. The van der Waals surface area contributed by atoms with E-state index in [0.717, 1.165) is 67.3 Å². The predicted octanol–water partition coefficient (Wildman–Crippen LogP) is 2.09. The number of hydrogen-bond acceptors (Lipinski definition) is 4. The van der Waals surface area contributed by atoms with Crippen molar-refractivity contribution < 1.29 is 9.69 Å². The van der Waals surface area contributed by atoms with Crippen LogP contribution in [0.3, 0.4) is 0 Å². The monoisotopic (exact) mass is 429 g/mol. The summed E-state index contributed by atoms with van der Waals surface area (Å²) in [4.78, 5) is 31.1. The van der Waals surface area contributed by atoms with Crippen LogP contribution in [0.2, 0.25) is 0 Å². The van der Waals surface area contributed by atoms with Crippen molar-refractivity contribution in [3.63, 3.8) is 0 Å². The predicted molar refractivity (Wildman–Crippen MR) is 123 cm³/mol. The van der Waals surface area contributed by atoms with Crippen molar-refractivity contribution in [2.24, 2.45) is 0 Å². The molecule has 0 aliphatic heterocycles. The van der Waals surface area contributed by atoms with Crippen LogP contribution in [0.1, 0.15) is 43.5 Å². The van der Waals surface area contributed by atoms with Crippen LogP contribution < -0.4 is 15.9 Å². The fourth-order valence-corrected chi connectivity index (χ4v) is 4.90. The molecule has 1 aromatic carbocycles. The standard InChI is InChI=1S/C23H32N4O2S/c1-4-26(5-2)13-14-27-20-12-7-6-11-19(20)22(25-23(27)29)30-16-21(28)24-18-10-8-9-17(3)15-18/h8-10,15H,4-7,11-14,16H2,1-3H3,(H,24,28)/p+1. The number of quaternary nitrogens is 1. The van der Waals surface area contributed by atoms with Crippen LogP contribution in [0, 0.1) is 6.92 Å². The van der Waals surface area contributed by atoms with Gasteiger partial charge in [-0.3, -0.25) is 9.36 Å². The zero-order chi connectivity index (χ0) is 21.5. The molecule has 0 radical (unpaired) electrons. The molecule has 1 aliphatic carbocycles. The first-order valence-electron chi connectivity index (χ1n) is 11.0. The van der Waals surface area contributed by atoms with Crippen LogP contribution in [-0.2, 0) is 24.2 Å². The van der Waals surface area contributed by atoms with E-state index in [1.165, 1.54) is 22.2 Å². The van der Waals surface area contributed by atoms with Crippen LogP contribution in [-0.4, -0.2) is 40.8 Å². The number of aryl methyl sites for hydroxylation is 1. The smallest absolute Gasteiger partial charge is 0.334 e. The maximum atomic E-state index is 12.8. The number of benzene rings is 1. The average molecular weight is 430 g/mol. The van der Waals surface area contributed by atoms with E-state index in [-0.39, 0.29) is 17.3 Å². The molecule has 1 aliphatic rings. The fraction of sp³-hybridized carbons (Fsp3) is 0.522. The molecule has 2 N–H and O–H groups in total. The fourth-order valence-electron chi connectivity index (χ4n) is 4.03. The Hall–Kier alpha value is -2.12. The molecule has 0 unspecified atom stereocenters. The first kappa shape index (κ1) is 22.6. The van der Waals surface area contributed by atoms with E-state index in [1.807, 2.05) is 35.8 Å². The topological polar surface area (TPSA) is 68.4 Å². The Morgan fingerprint density at radius 3 is 2.73 bits per heavy atom. The summed E-state index contributed by atoms with van der Waals surface area (Å²) in [6.45, 7) is 10.1. The van der Waals surface area contributed by atoms with Gasteiger partial charge in [0.1, 0.15) is 5.03 Å². The number of nitrogens with zero attached hydrogens (tertiary/aromatic N) is 2. The maximum Gasteiger partial charge on any atom is 0.349 e. The van der Waals surface area contributed by atoms with Crippen LogP contribution in [0.15, 0.2) is 34.1 Å². The molecule has 0 saturated carbocycles. The summed E-state index contributed by atoms with van der Waals surface area (Å²) >= 11 is 1.38. The van der Waals surface area contributed by atoms with Gasteiger partial charge in [-0.1, -0.05) is 23.9 Å². The molecule has 6 nitrogen and oxygen atoms in total. The molecular weight excluding hydrogens is 396 g/mol. The van der Waals surface area contributed by atoms with Crippen LogP contribution in [0.25, 0.3) is 0 Å². The molecule has 1 heterocycles. The SMILES string of the molecule is CC[NH+](CC)CCn1c2c(c(SCC(=O)Nc3cccc(C)c3)nc1=O)CCCC2. The van der Waals surface area contributed by atoms with Gasteiger partial charge in [0, 0.05) is 16.9 Å². The minimum Gasteiger partial charge on any atom is -0.334 e. The van der Waals surface area contributed by atoms with Crippen molar-refractivity contribution >= 4 is 23.4 Å². The van der Waals surface area contributed by atoms with Gasteiger partial charge in [-0.05, 0) is 64.2 Å². The number of carbonyl (C=O) groups is 1. The highest BCUT2D eigenvalue weighted by Gasteiger charge is 2.21. The Balaban J connectivity index is 1.73. The molecule has 0 spiro atoms. The van der Waals surface area contributed by atoms with Gasteiger partial charge in [0.05, 0.1) is 31.9 Å². The van der Waals surface area contributed by atoms with E-state index in [2.05, 4.69) is 24.1 Å². The number of fused-ring (bicyclic) bond motifs is 1. The summed E-state index contributed by atoms with van der Waals surface area (Å²) in [5, 5.41) is 3.67. The molecule has 1 aromatic heterocycles. The lowest BCUT2D eigenvalue weighted by molar-refractivity contribution is -0.897. The lowest BCUT2D eigenvalue weighted by atomic mass is 9.97. The third-order valence-corrected chi connectivity index (χ3v) is 6.80. The van der Waals surface area contributed by atoms with E-state index in [0.29, 0.717) is 6.54 Å². The zero-order valence-corrected chi connectivity index (χ0v) is 19.1. The molecule has 7 heteroatoms. The quantitative estimate of drug-likeness (QED) is 0.473. The van der Waals surface area contributed by atoms with Gasteiger partial charge in [0.2, 0.25) is 5.91 Å². The number of likely N-dealkylation sites (N-methyl/N-ethyl adjacent to an activating group) is 1. The maximum absolute atomic E-state index is 12.8. The van der Waals surface area contributed by atoms with E-state index >= 15 is 0 Å². The Labute approximate surface area is 183 Å². The average Bonchev–Trinajstić information content (AvgIpc) is 2.74. The van der Waals surface area contributed by atoms with Gasteiger partial charge in [-0.2, -0.15) is 4.98 Å². The van der Waals surface area contributed by atoms with Gasteiger partial charge in [-0.15, -0.1) is 0 Å². The number of amides is 1. The van der Waals surface area contributed by atoms with Gasteiger partial charge in [-0.25, -0.2) is 4.79 Å². The summed E-state index contributed by atoms with van der Waals surface area (Å²) in [7, 11) is 0. The van der Waals surface area contributed by atoms with E-state index in [4.69, 9.17) is 0 Å². The normalized spacial score (nSPS) is 13.3. The van der Waals surface area contributed by atoms with Crippen molar-refractivity contribution in [1.82, 2.24) is 9.55 Å². The second kappa shape index (κ2) is 10.8. The van der Waals surface area contributed by atoms with Crippen LogP contribution >= 0.6 is 11.8 Å². The van der Waals surface area contributed by atoms with E-state index < -0.39 is 0 Å². The Kier molecular flexibility index (Phi) is 8.10. The number of nitrogens with one attached hydrogen (secondary N) is 2. The Bertz CT molecular complexity index is 937. The first-order chi connectivity index (χ1) is 14.5. The Morgan fingerprint density at radius 1 is 1.23 bits per heavy atom. The second-order valence-corrected chi connectivity index (χ2v) is 8.86. The third-order valence-electron chi connectivity index (χ3n) is 5.78. The molecule has 0 fully saturated rings. The molecule has 2 aromatic rings. The van der Waals surface area contributed by atoms with Gasteiger partial charge in [0.25, 0.3) is 0 Å². The minimum atomic E-state index is -0.177. The third kappa shape index (κ3) is 5.73. The zero-order valence-electron chi connectivity index (χ0n) is 18.3. The van der Waals surface area contributed by atoms with Crippen molar-refractivity contribution in [2.45, 2.75) is 58.0 Å².